The quantitative estimate of drug-likeness (QED) is 0.875. The van der Waals surface area contributed by atoms with Crippen LogP contribution in [0.1, 0.15) is 33.6 Å². The van der Waals surface area contributed by atoms with E-state index in [9.17, 15) is 9.59 Å². The molecule has 0 spiro atoms. The van der Waals surface area contributed by atoms with Gasteiger partial charge in [0, 0.05) is 25.9 Å². The van der Waals surface area contributed by atoms with Crippen LogP contribution in [-0.4, -0.2) is 29.3 Å². The molecular weight excluding hydrogens is 276 g/mol. The number of anilines is 1. The second-order valence-corrected chi connectivity index (χ2v) is 5.15. The number of rotatable bonds is 6. The number of halogens is 1. The van der Waals surface area contributed by atoms with Crippen molar-refractivity contribution in [3.8, 4) is 0 Å². The van der Waals surface area contributed by atoms with Crippen LogP contribution < -0.4 is 5.32 Å². The van der Waals surface area contributed by atoms with Crippen molar-refractivity contribution in [2.75, 3.05) is 11.9 Å². The normalized spacial score (nSPS) is 11.8. The van der Waals surface area contributed by atoms with Crippen molar-refractivity contribution in [1.82, 2.24) is 4.90 Å². The first kappa shape index (κ1) is 16.5. The highest BCUT2D eigenvalue weighted by Crippen LogP contribution is 2.20. The van der Waals surface area contributed by atoms with Crippen molar-refractivity contribution < 1.29 is 9.59 Å². The van der Waals surface area contributed by atoms with E-state index in [1.54, 1.807) is 23.1 Å². The lowest BCUT2D eigenvalue weighted by Gasteiger charge is -2.27. The van der Waals surface area contributed by atoms with E-state index in [0.29, 0.717) is 17.3 Å². The van der Waals surface area contributed by atoms with Gasteiger partial charge in [-0.25, -0.2) is 0 Å². The van der Waals surface area contributed by atoms with Gasteiger partial charge in [0.2, 0.25) is 11.8 Å². The van der Waals surface area contributed by atoms with Gasteiger partial charge in [-0.15, -0.1) is 0 Å². The summed E-state index contributed by atoms with van der Waals surface area (Å²) < 4.78 is 0. The minimum absolute atomic E-state index is 0.00936. The number of hydrogen-bond donors (Lipinski definition) is 1. The van der Waals surface area contributed by atoms with Gasteiger partial charge < -0.3 is 10.2 Å². The Kier molecular flexibility index (Phi) is 6.52. The maximum absolute atomic E-state index is 11.9. The van der Waals surface area contributed by atoms with Gasteiger partial charge in [-0.1, -0.05) is 30.7 Å². The minimum atomic E-state index is -0.146. The van der Waals surface area contributed by atoms with Crippen molar-refractivity contribution in [3.05, 3.63) is 29.3 Å². The molecule has 0 radical (unpaired) electrons. The molecule has 0 saturated carbocycles. The molecule has 0 heterocycles. The van der Waals surface area contributed by atoms with Gasteiger partial charge in [0.1, 0.15) is 0 Å². The summed E-state index contributed by atoms with van der Waals surface area (Å²) in [5.74, 6) is -0.155. The summed E-state index contributed by atoms with van der Waals surface area (Å²) in [6.45, 7) is 5.94. The zero-order valence-corrected chi connectivity index (χ0v) is 12.9. The number of carbonyl (C=O) groups excluding carboxylic acids is 2. The lowest BCUT2D eigenvalue weighted by molar-refractivity contribution is -0.131. The molecule has 110 valence electrons. The summed E-state index contributed by atoms with van der Waals surface area (Å²) >= 11 is 5.98. The number of para-hydroxylation sites is 1. The third-order valence-electron chi connectivity index (χ3n) is 3.26. The van der Waals surface area contributed by atoms with Crippen LogP contribution in [0.2, 0.25) is 5.02 Å². The molecule has 5 heteroatoms. The summed E-state index contributed by atoms with van der Waals surface area (Å²) in [4.78, 5) is 25.2. The van der Waals surface area contributed by atoms with Gasteiger partial charge in [0.15, 0.2) is 0 Å². The highest BCUT2D eigenvalue weighted by atomic mass is 35.5. The van der Waals surface area contributed by atoms with Crippen LogP contribution in [-0.2, 0) is 9.59 Å². The van der Waals surface area contributed by atoms with E-state index in [0.717, 1.165) is 6.42 Å². The van der Waals surface area contributed by atoms with E-state index < -0.39 is 0 Å². The molecule has 0 aromatic heterocycles. The van der Waals surface area contributed by atoms with E-state index in [1.807, 2.05) is 19.9 Å². The molecule has 1 unspecified atom stereocenters. The summed E-state index contributed by atoms with van der Waals surface area (Å²) in [5, 5.41) is 3.26. The van der Waals surface area contributed by atoms with Crippen LogP contribution in [0.25, 0.3) is 0 Å². The molecule has 0 aliphatic heterocycles. The number of nitrogens with one attached hydrogen (secondary N) is 1. The summed E-state index contributed by atoms with van der Waals surface area (Å²) in [5.41, 5.74) is 0.595. The van der Waals surface area contributed by atoms with E-state index in [2.05, 4.69) is 5.32 Å². The average molecular weight is 297 g/mol. The lowest BCUT2D eigenvalue weighted by atomic mass is 10.2. The fourth-order valence-electron chi connectivity index (χ4n) is 1.91. The second-order valence-electron chi connectivity index (χ2n) is 4.75. The van der Waals surface area contributed by atoms with Crippen LogP contribution in [0.4, 0.5) is 5.69 Å². The Morgan fingerprint density at radius 1 is 1.35 bits per heavy atom. The monoisotopic (exact) mass is 296 g/mol. The van der Waals surface area contributed by atoms with Crippen LogP contribution in [0, 0.1) is 0 Å². The molecule has 1 aromatic rings. The van der Waals surface area contributed by atoms with Crippen molar-refractivity contribution in [2.24, 2.45) is 0 Å². The highest BCUT2D eigenvalue weighted by Gasteiger charge is 2.16. The second kappa shape index (κ2) is 7.90. The van der Waals surface area contributed by atoms with Crippen LogP contribution in [0.5, 0.6) is 0 Å². The number of benzene rings is 1. The topological polar surface area (TPSA) is 49.4 Å². The predicted octanol–water partition coefficient (Wildman–Crippen LogP) is 3.32. The molecule has 0 aliphatic carbocycles. The molecule has 2 amide bonds. The fraction of sp³-hybridized carbons (Fsp3) is 0.467. The van der Waals surface area contributed by atoms with E-state index >= 15 is 0 Å². The number of hydrogen-bond acceptors (Lipinski definition) is 2. The average Bonchev–Trinajstić information content (AvgIpc) is 2.41. The largest absolute Gasteiger partial charge is 0.340 e. The first-order valence-electron chi connectivity index (χ1n) is 6.77. The van der Waals surface area contributed by atoms with E-state index in [-0.39, 0.29) is 24.3 Å². The number of carbonyl (C=O) groups is 2. The highest BCUT2D eigenvalue weighted by molar-refractivity contribution is 6.33. The van der Waals surface area contributed by atoms with Gasteiger partial charge in [-0.2, -0.15) is 0 Å². The van der Waals surface area contributed by atoms with E-state index in [1.165, 1.54) is 6.92 Å². The Labute approximate surface area is 125 Å². The third-order valence-corrected chi connectivity index (χ3v) is 3.58. The first-order chi connectivity index (χ1) is 9.45. The molecule has 1 aromatic carbocycles. The van der Waals surface area contributed by atoms with Gasteiger partial charge >= 0.3 is 0 Å². The summed E-state index contributed by atoms with van der Waals surface area (Å²) in [7, 11) is 0. The van der Waals surface area contributed by atoms with Crippen LogP contribution in [0.15, 0.2) is 24.3 Å². The summed E-state index contributed by atoms with van der Waals surface area (Å²) in [6, 6.07) is 7.22. The van der Waals surface area contributed by atoms with Crippen molar-refractivity contribution >= 4 is 29.1 Å². The minimum Gasteiger partial charge on any atom is -0.340 e. The Morgan fingerprint density at radius 3 is 2.55 bits per heavy atom. The molecule has 1 N–H and O–H groups in total. The van der Waals surface area contributed by atoms with Gasteiger partial charge in [0.25, 0.3) is 0 Å². The van der Waals surface area contributed by atoms with E-state index in [4.69, 9.17) is 11.6 Å². The molecular formula is C15H21ClN2O2. The molecule has 1 atom stereocenters. The molecule has 0 bridgehead atoms. The zero-order valence-electron chi connectivity index (χ0n) is 12.1. The molecule has 1 rings (SSSR count). The number of amides is 2. The van der Waals surface area contributed by atoms with Gasteiger partial charge in [0.05, 0.1) is 10.7 Å². The SMILES string of the molecule is CCC(C)N(CCC(=O)Nc1ccccc1Cl)C(C)=O. The smallest absolute Gasteiger partial charge is 0.226 e. The molecule has 0 saturated heterocycles. The van der Waals surface area contributed by atoms with Crippen molar-refractivity contribution in [3.63, 3.8) is 0 Å². The standard InChI is InChI=1S/C15H21ClN2O2/c1-4-11(2)18(12(3)19)10-9-15(20)17-14-8-6-5-7-13(14)16/h5-8,11H,4,9-10H2,1-3H3,(H,17,20). The van der Waals surface area contributed by atoms with Crippen molar-refractivity contribution in [1.29, 1.82) is 0 Å². The Hall–Kier alpha value is -1.55. The molecule has 0 aliphatic rings. The Balaban J connectivity index is 2.54. The van der Waals surface area contributed by atoms with Crippen LogP contribution in [0.3, 0.4) is 0 Å². The lowest BCUT2D eigenvalue weighted by Crippen LogP contribution is -2.38. The molecule has 4 nitrogen and oxygen atoms in total. The molecule has 20 heavy (non-hydrogen) atoms. The first-order valence-corrected chi connectivity index (χ1v) is 7.15. The van der Waals surface area contributed by atoms with Crippen molar-refractivity contribution in [2.45, 2.75) is 39.7 Å². The fourth-order valence-corrected chi connectivity index (χ4v) is 2.09. The predicted molar refractivity (Wildman–Crippen MR) is 81.8 cm³/mol. The molecule has 0 fully saturated rings. The third kappa shape index (κ3) is 4.85. The van der Waals surface area contributed by atoms with Crippen LogP contribution >= 0.6 is 11.6 Å². The number of nitrogens with zero attached hydrogens (tertiary/aromatic N) is 1. The summed E-state index contributed by atoms with van der Waals surface area (Å²) in [6.07, 6.45) is 1.13. The Morgan fingerprint density at radius 2 is 2.00 bits per heavy atom. The van der Waals surface area contributed by atoms with Gasteiger partial charge in [-0.3, -0.25) is 9.59 Å². The maximum Gasteiger partial charge on any atom is 0.226 e. The van der Waals surface area contributed by atoms with Gasteiger partial charge in [-0.05, 0) is 25.5 Å². The maximum atomic E-state index is 11.9. The zero-order chi connectivity index (χ0) is 15.1. The Bertz CT molecular complexity index is 477.